The molecule has 2 aliphatic heterocycles. The number of carbonyl (C=O) groups is 1. The van der Waals surface area contributed by atoms with Gasteiger partial charge in [0.05, 0.1) is 9.79 Å². The molecule has 0 saturated carbocycles. The quantitative estimate of drug-likeness (QED) is 0.517. The Bertz CT molecular complexity index is 1190. The summed E-state index contributed by atoms with van der Waals surface area (Å²) >= 11 is 0. The van der Waals surface area contributed by atoms with E-state index in [9.17, 15) is 13.2 Å². The number of hydrogen-bond acceptors (Lipinski definition) is 5. The molecule has 0 radical (unpaired) electrons. The third-order valence-electron chi connectivity index (χ3n) is 4.64. The van der Waals surface area contributed by atoms with Crippen LogP contribution in [0.3, 0.4) is 0 Å². The number of sulfone groups is 1. The molecule has 0 spiro atoms. The lowest BCUT2D eigenvalue weighted by Crippen LogP contribution is -2.20. The molecule has 3 aromatic rings. The van der Waals surface area contributed by atoms with Crippen LogP contribution in [0.5, 0.6) is 11.5 Å². The maximum absolute atomic E-state index is 13.0. The number of rotatable bonds is 1. The van der Waals surface area contributed by atoms with E-state index >= 15 is 0 Å². The third-order valence-corrected chi connectivity index (χ3v) is 6.49. The molecular formula is C20H12O5S. The summed E-state index contributed by atoms with van der Waals surface area (Å²) in [5, 5.41) is 0. The fraction of sp³-hybridized carbons (Fsp3) is 0.0500. The average molecular weight is 364 g/mol. The van der Waals surface area contributed by atoms with Crippen LogP contribution in [-0.4, -0.2) is 21.0 Å². The highest BCUT2D eigenvalue weighted by Gasteiger charge is 2.34. The Morgan fingerprint density at radius 2 is 1.42 bits per heavy atom. The zero-order chi connectivity index (χ0) is 17.9. The molecule has 128 valence electrons. The molecule has 6 heteroatoms. The van der Waals surface area contributed by atoms with Crippen molar-refractivity contribution in [3.8, 4) is 22.6 Å². The van der Waals surface area contributed by atoms with Crippen molar-refractivity contribution >= 4 is 15.6 Å². The van der Waals surface area contributed by atoms with Crippen molar-refractivity contribution < 1.29 is 22.7 Å². The highest BCUT2D eigenvalue weighted by molar-refractivity contribution is 7.91. The van der Waals surface area contributed by atoms with Gasteiger partial charge in [0.2, 0.25) is 16.6 Å². The number of fused-ring (bicyclic) bond motifs is 3. The molecule has 5 rings (SSSR count). The topological polar surface area (TPSA) is 69.7 Å². The lowest BCUT2D eigenvalue weighted by molar-refractivity contribution is 0.103. The summed E-state index contributed by atoms with van der Waals surface area (Å²) in [4.78, 5) is 12.8. The number of carbonyl (C=O) groups excluding carboxylic acids is 1. The van der Waals surface area contributed by atoms with Crippen molar-refractivity contribution in [2.75, 3.05) is 6.79 Å². The van der Waals surface area contributed by atoms with Gasteiger partial charge in [-0.3, -0.25) is 4.79 Å². The Hall–Kier alpha value is -3.12. The monoisotopic (exact) mass is 364 g/mol. The second-order valence-electron chi connectivity index (χ2n) is 6.11. The molecule has 0 unspecified atom stereocenters. The zero-order valence-electron chi connectivity index (χ0n) is 13.4. The van der Waals surface area contributed by atoms with Crippen LogP contribution in [0.4, 0.5) is 0 Å². The highest BCUT2D eigenvalue weighted by atomic mass is 32.2. The van der Waals surface area contributed by atoms with Crippen LogP contribution in [0.2, 0.25) is 0 Å². The molecule has 0 N–H and O–H groups in total. The van der Waals surface area contributed by atoms with Gasteiger partial charge in [-0.1, -0.05) is 24.3 Å². The van der Waals surface area contributed by atoms with Crippen molar-refractivity contribution in [2.24, 2.45) is 0 Å². The molecule has 0 aromatic heterocycles. The van der Waals surface area contributed by atoms with Crippen LogP contribution in [-0.2, 0) is 9.84 Å². The lowest BCUT2D eigenvalue weighted by Gasteiger charge is -2.19. The first-order valence-corrected chi connectivity index (χ1v) is 9.47. The average Bonchev–Trinajstić information content (AvgIpc) is 3.14. The SMILES string of the molecule is O=C1c2ccccc2S(=O)(=O)c2cc(-c3ccc4c(c3)OCO4)ccc21. The summed E-state index contributed by atoms with van der Waals surface area (Å²) in [6, 6.07) is 16.6. The van der Waals surface area contributed by atoms with Crippen molar-refractivity contribution in [1.29, 1.82) is 0 Å². The number of ether oxygens (including phenoxy) is 2. The minimum absolute atomic E-state index is 0.0383. The zero-order valence-corrected chi connectivity index (χ0v) is 14.2. The smallest absolute Gasteiger partial charge is 0.231 e. The summed E-state index contributed by atoms with van der Waals surface area (Å²) in [5.41, 5.74) is 1.90. The van der Waals surface area contributed by atoms with Gasteiger partial charge in [-0.2, -0.15) is 0 Å². The first-order valence-electron chi connectivity index (χ1n) is 7.98. The molecule has 0 aliphatic carbocycles. The van der Waals surface area contributed by atoms with E-state index in [1.165, 1.54) is 6.07 Å². The van der Waals surface area contributed by atoms with Gasteiger partial charge in [0, 0.05) is 11.1 Å². The van der Waals surface area contributed by atoms with Gasteiger partial charge in [0.15, 0.2) is 17.3 Å². The van der Waals surface area contributed by atoms with Gasteiger partial charge in [-0.05, 0) is 47.5 Å². The fourth-order valence-corrected chi connectivity index (χ4v) is 5.02. The summed E-state index contributed by atoms with van der Waals surface area (Å²) in [6.07, 6.45) is 0. The van der Waals surface area contributed by atoms with E-state index in [1.54, 1.807) is 48.5 Å². The van der Waals surface area contributed by atoms with E-state index in [-0.39, 0.29) is 33.5 Å². The van der Waals surface area contributed by atoms with E-state index in [0.717, 1.165) is 5.56 Å². The fourth-order valence-electron chi connectivity index (χ4n) is 3.34. The Labute approximate surface area is 149 Å². The minimum Gasteiger partial charge on any atom is -0.454 e. The van der Waals surface area contributed by atoms with E-state index in [0.29, 0.717) is 17.1 Å². The van der Waals surface area contributed by atoms with Crippen LogP contribution in [0.25, 0.3) is 11.1 Å². The Balaban J connectivity index is 1.70. The predicted octanol–water partition coefficient (Wildman–Crippen LogP) is 3.46. The summed E-state index contributed by atoms with van der Waals surface area (Å²) in [6.45, 7) is 0.169. The second kappa shape index (κ2) is 5.19. The van der Waals surface area contributed by atoms with Crippen molar-refractivity contribution in [3.63, 3.8) is 0 Å². The van der Waals surface area contributed by atoms with Crippen LogP contribution < -0.4 is 9.47 Å². The molecule has 0 bridgehead atoms. The summed E-state index contributed by atoms with van der Waals surface area (Å²) in [5.74, 6) is 0.996. The first kappa shape index (κ1) is 15.2. The molecule has 26 heavy (non-hydrogen) atoms. The Morgan fingerprint density at radius 1 is 0.731 bits per heavy atom. The van der Waals surface area contributed by atoms with Gasteiger partial charge >= 0.3 is 0 Å². The Kier molecular flexibility index (Phi) is 3.02. The molecule has 5 nitrogen and oxygen atoms in total. The normalized spacial score (nSPS) is 16.1. The van der Waals surface area contributed by atoms with Crippen LogP contribution >= 0.6 is 0 Å². The lowest BCUT2D eigenvalue weighted by atomic mass is 9.98. The highest BCUT2D eigenvalue weighted by Crippen LogP contribution is 2.39. The van der Waals surface area contributed by atoms with Gasteiger partial charge in [-0.25, -0.2) is 8.42 Å². The standard InChI is InChI=1S/C20H12O5S/c21-20-14-3-1-2-4-18(14)26(22,23)19-10-13(5-7-15(19)20)12-6-8-16-17(9-12)25-11-24-16/h1-10H,11H2. The van der Waals surface area contributed by atoms with E-state index in [4.69, 9.17) is 9.47 Å². The summed E-state index contributed by atoms with van der Waals surface area (Å²) < 4.78 is 36.7. The van der Waals surface area contributed by atoms with Gasteiger partial charge in [0.25, 0.3) is 0 Å². The molecule has 0 fully saturated rings. The van der Waals surface area contributed by atoms with Gasteiger partial charge in [-0.15, -0.1) is 0 Å². The van der Waals surface area contributed by atoms with E-state index < -0.39 is 9.84 Å². The Morgan fingerprint density at radius 3 is 2.31 bits per heavy atom. The minimum atomic E-state index is -3.75. The van der Waals surface area contributed by atoms with E-state index in [1.807, 2.05) is 6.07 Å². The molecular weight excluding hydrogens is 352 g/mol. The molecule has 0 atom stereocenters. The molecule has 3 aromatic carbocycles. The summed E-state index contributed by atoms with van der Waals surface area (Å²) in [7, 11) is -3.75. The predicted molar refractivity (Wildman–Crippen MR) is 93.3 cm³/mol. The van der Waals surface area contributed by atoms with Crippen LogP contribution in [0, 0.1) is 0 Å². The maximum Gasteiger partial charge on any atom is 0.231 e. The number of ketones is 1. The molecule has 2 heterocycles. The second-order valence-corrected chi connectivity index (χ2v) is 7.99. The third kappa shape index (κ3) is 2.02. The molecule has 0 amide bonds. The number of benzene rings is 3. The van der Waals surface area contributed by atoms with Gasteiger partial charge < -0.3 is 9.47 Å². The van der Waals surface area contributed by atoms with Gasteiger partial charge in [0.1, 0.15) is 0 Å². The van der Waals surface area contributed by atoms with Crippen LogP contribution in [0.15, 0.2) is 70.5 Å². The van der Waals surface area contributed by atoms with Crippen molar-refractivity contribution in [3.05, 3.63) is 71.8 Å². The van der Waals surface area contributed by atoms with Crippen molar-refractivity contribution in [1.82, 2.24) is 0 Å². The molecule has 0 saturated heterocycles. The number of hydrogen-bond donors (Lipinski definition) is 0. The first-order chi connectivity index (χ1) is 12.6. The maximum atomic E-state index is 13.0. The van der Waals surface area contributed by atoms with Crippen molar-refractivity contribution in [2.45, 2.75) is 9.79 Å². The van der Waals surface area contributed by atoms with Crippen LogP contribution in [0.1, 0.15) is 15.9 Å². The largest absolute Gasteiger partial charge is 0.454 e. The van der Waals surface area contributed by atoms with E-state index in [2.05, 4.69) is 0 Å². The molecule has 2 aliphatic rings.